The van der Waals surface area contributed by atoms with E-state index in [1.807, 2.05) is 13.0 Å². The van der Waals surface area contributed by atoms with Crippen LogP contribution in [0.3, 0.4) is 0 Å². The molecule has 0 N–H and O–H groups in total. The van der Waals surface area contributed by atoms with Gasteiger partial charge in [0.2, 0.25) is 11.7 Å². The Morgan fingerprint density at radius 2 is 2.36 bits per heavy atom. The molecule has 0 aliphatic rings. The van der Waals surface area contributed by atoms with Crippen LogP contribution in [0.4, 0.5) is 0 Å². The van der Waals surface area contributed by atoms with Crippen molar-refractivity contribution >= 4 is 6.08 Å². The lowest BCUT2D eigenvalue weighted by molar-refractivity contribution is 0.411. The first-order valence-corrected chi connectivity index (χ1v) is 4.18. The Morgan fingerprint density at radius 3 is 3.00 bits per heavy atom. The molecule has 2 heterocycles. The first-order valence-electron chi connectivity index (χ1n) is 4.18. The lowest BCUT2D eigenvalue weighted by atomic mass is 10.1. The van der Waals surface area contributed by atoms with Gasteiger partial charge in [0.05, 0.1) is 0 Å². The molecule has 0 bridgehead atoms. The molecule has 4 heteroatoms. The number of pyridine rings is 1. The fraction of sp³-hybridized carbons (Fsp3) is 0.100. The molecular formula is C10H9N3O. The molecule has 0 radical (unpaired) electrons. The van der Waals surface area contributed by atoms with Crippen LogP contribution in [0, 0.1) is 6.92 Å². The van der Waals surface area contributed by atoms with E-state index in [9.17, 15) is 0 Å². The largest absolute Gasteiger partial charge is 0.334 e. The third-order valence-electron chi connectivity index (χ3n) is 1.88. The van der Waals surface area contributed by atoms with Gasteiger partial charge in [0, 0.05) is 18.0 Å². The summed E-state index contributed by atoms with van der Waals surface area (Å²) in [5, 5.41) is 3.83. The van der Waals surface area contributed by atoms with Gasteiger partial charge in [-0.05, 0) is 24.6 Å². The molecule has 0 amide bonds. The number of rotatable bonds is 2. The molecule has 0 aliphatic heterocycles. The summed E-state index contributed by atoms with van der Waals surface area (Å²) in [4.78, 5) is 8.13. The van der Waals surface area contributed by atoms with Crippen molar-refractivity contribution in [3.05, 3.63) is 36.5 Å². The van der Waals surface area contributed by atoms with Gasteiger partial charge in [0.1, 0.15) is 0 Å². The summed E-state index contributed by atoms with van der Waals surface area (Å²) in [6, 6.07) is 1.85. The molecule has 4 nitrogen and oxygen atoms in total. The van der Waals surface area contributed by atoms with Crippen molar-refractivity contribution in [3.8, 4) is 11.4 Å². The fourth-order valence-corrected chi connectivity index (χ4v) is 1.15. The Balaban J connectivity index is 2.49. The Morgan fingerprint density at radius 1 is 1.50 bits per heavy atom. The van der Waals surface area contributed by atoms with Crippen molar-refractivity contribution in [1.82, 2.24) is 15.1 Å². The van der Waals surface area contributed by atoms with Crippen molar-refractivity contribution in [3.63, 3.8) is 0 Å². The molecule has 0 aromatic carbocycles. The molecular weight excluding hydrogens is 178 g/mol. The zero-order valence-electron chi connectivity index (χ0n) is 7.77. The van der Waals surface area contributed by atoms with E-state index in [4.69, 9.17) is 4.52 Å². The number of aromatic nitrogens is 3. The minimum Gasteiger partial charge on any atom is -0.334 e. The maximum absolute atomic E-state index is 4.92. The zero-order chi connectivity index (χ0) is 9.97. The molecule has 2 aromatic heterocycles. The predicted octanol–water partition coefficient (Wildman–Crippen LogP) is 2.08. The van der Waals surface area contributed by atoms with E-state index in [2.05, 4.69) is 21.7 Å². The molecule has 14 heavy (non-hydrogen) atoms. The summed E-state index contributed by atoms with van der Waals surface area (Å²) in [6.07, 6.45) is 4.98. The van der Waals surface area contributed by atoms with E-state index in [0.29, 0.717) is 11.7 Å². The van der Waals surface area contributed by atoms with Gasteiger partial charge in [0.25, 0.3) is 0 Å². The van der Waals surface area contributed by atoms with Gasteiger partial charge >= 0.3 is 0 Å². The molecule has 70 valence electrons. The van der Waals surface area contributed by atoms with Gasteiger partial charge in [-0.1, -0.05) is 11.7 Å². The van der Waals surface area contributed by atoms with Crippen LogP contribution in [0.15, 0.2) is 29.6 Å². The van der Waals surface area contributed by atoms with E-state index in [1.54, 1.807) is 12.4 Å². The molecule has 0 saturated heterocycles. The van der Waals surface area contributed by atoms with Gasteiger partial charge in [-0.15, -0.1) is 0 Å². The fourth-order valence-electron chi connectivity index (χ4n) is 1.15. The summed E-state index contributed by atoms with van der Waals surface area (Å²) in [6.45, 7) is 5.50. The maximum Gasteiger partial charge on any atom is 0.250 e. The minimum absolute atomic E-state index is 0.427. The second kappa shape index (κ2) is 3.41. The molecule has 0 saturated carbocycles. The monoisotopic (exact) mass is 187 g/mol. The summed E-state index contributed by atoms with van der Waals surface area (Å²) in [5.74, 6) is 0.996. The number of aryl methyl sites for hydroxylation is 1. The predicted molar refractivity (Wildman–Crippen MR) is 52.4 cm³/mol. The Kier molecular flexibility index (Phi) is 2.10. The normalized spacial score (nSPS) is 10.1. The minimum atomic E-state index is 0.427. The highest BCUT2D eigenvalue weighted by Crippen LogP contribution is 2.18. The van der Waals surface area contributed by atoms with Crippen LogP contribution in [-0.2, 0) is 0 Å². The highest BCUT2D eigenvalue weighted by molar-refractivity contribution is 5.58. The molecule has 0 spiro atoms. The molecule has 0 aliphatic carbocycles. The first kappa shape index (κ1) is 8.62. The third-order valence-corrected chi connectivity index (χ3v) is 1.88. The third kappa shape index (κ3) is 1.42. The topological polar surface area (TPSA) is 51.8 Å². The Bertz CT molecular complexity index is 462. The van der Waals surface area contributed by atoms with Crippen LogP contribution in [0.1, 0.15) is 11.5 Å². The van der Waals surface area contributed by atoms with Gasteiger partial charge in [0.15, 0.2) is 0 Å². The molecule has 2 aromatic rings. The highest BCUT2D eigenvalue weighted by Gasteiger charge is 2.08. The lowest BCUT2D eigenvalue weighted by Crippen LogP contribution is -1.86. The van der Waals surface area contributed by atoms with Gasteiger partial charge < -0.3 is 4.52 Å². The van der Waals surface area contributed by atoms with Gasteiger partial charge in [-0.3, -0.25) is 4.98 Å². The molecule has 0 unspecified atom stereocenters. The van der Waals surface area contributed by atoms with Crippen LogP contribution < -0.4 is 0 Å². The maximum atomic E-state index is 4.92. The Hall–Kier alpha value is -1.97. The van der Waals surface area contributed by atoms with Crippen molar-refractivity contribution in [2.75, 3.05) is 0 Å². The van der Waals surface area contributed by atoms with Crippen LogP contribution in [-0.4, -0.2) is 15.1 Å². The first-order chi connectivity index (χ1) is 6.81. The number of nitrogens with zero attached hydrogens (tertiary/aromatic N) is 3. The number of hydrogen-bond donors (Lipinski definition) is 0. The highest BCUT2D eigenvalue weighted by atomic mass is 16.5. The molecule has 0 atom stereocenters. The van der Waals surface area contributed by atoms with Crippen LogP contribution in [0.5, 0.6) is 0 Å². The van der Waals surface area contributed by atoms with Crippen molar-refractivity contribution in [2.24, 2.45) is 0 Å². The zero-order valence-corrected chi connectivity index (χ0v) is 7.77. The van der Waals surface area contributed by atoms with Gasteiger partial charge in [-0.25, -0.2) is 0 Å². The summed E-state index contributed by atoms with van der Waals surface area (Å²) < 4.78 is 4.92. The van der Waals surface area contributed by atoms with Crippen molar-refractivity contribution < 1.29 is 4.52 Å². The molecule has 2 rings (SSSR count). The van der Waals surface area contributed by atoms with E-state index in [1.165, 1.54) is 6.08 Å². The van der Waals surface area contributed by atoms with Crippen molar-refractivity contribution in [2.45, 2.75) is 6.92 Å². The molecule has 0 fully saturated rings. The van der Waals surface area contributed by atoms with E-state index < -0.39 is 0 Å². The lowest BCUT2D eigenvalue weighted by Gasteiger charge is -1.96. The van der Waals surface area contributed by atoms with Crippen molar-refractivity contribution in [1.29, 1.82) is 0 Å². The number of hydrogen-bond acceptors (Lipinski definition) is 4. The SMILES string of the molecule is C=Cc1nc(-c2ccncc2C)no1. The smallest absolute Gasteiger partial charge is 0.250 e. The average Bonchev–Trinajstić information content (AvgIpc) is 2.67. The Labute approximate surface area is 81.3 Å². The van der Waals surface area contributed by atoms with E-state index in [0.717, 1.165) is 11.1 Å². The van der Waals surface area contributed by atoms with E-state index >= 15 is 0 Å². The van der Waals surface area contributed by atoms with Gasteiger partial charge in [-0.2, -0.15) is 4.98 Å². The van der Waals surface area contributed by atoms with Crippen LogP contribution >= 0.6 is 0 Å². The second-order valence-electron chi connectivity index (χ2n) is 2.85. The second-order valence-corrected chi connectivity index (χ2v) is 2.85. The van der Waals surface area contributed by atoms with E-state index in [-0.39, 0.29) is 0 Å². The van der Waals surface area contributed by atoms with Crippen LogP contribution in [0.25, 0.3) is 17.5 Å². The summed E-state index contributed by atoms with van der Waals surface area (Å²) in [7, 11) is 0. The average molecular weight is 187 g/mol. The summed E-state index contributed by atoms with van der Waals surface area (Å²) in [5.41, 5.74) is 1.95. The van der Waals surface area contributed by atoms with Crippen LogP contribution in [0.2, 0.25) is 0 Å². The standard InChI is InChI=1S/C10H9N3O/c1-3-9-12-10(13-14-9)8-4-5-11-6-7(8)2/h3-6H,1H2,2H3. The summed E-state index contributed by atoms with van der Waals surface area (Å²) >= 11 is 0. The quantitative estimate of drug-likeness (QED) is 0.722.